The van der Waals surface area contributed by atoms with Gasteiger partial charge in [0, 0.05) is 44.1 Å². The van der Waals surface area contributed by atoms with Gasteiger partial charge in [-0.05, 0) is 54.5 Å². The number of hydrogen-bond donors (Lipinski definition) is 0. The van der Waals surface area contributed by atoms with Crippen LogP contribution in [-0.2, 0) is 0 Å². The van der Waals surface area contributed by atoms with E-state index in [1.165, 1.54) is 5.56 Å². The standard InChI is InChI=1S/C51H40N2/c1-3-5-27-40(4-2)52(48-36-21-19-30-42(48)38-23-9-6-10-24-38)50-44-32-15-17-34-46(44)51(47-35-18-16-33-45(47)50)53(41-28-13-8-14-29-41)49-37-22-20-31-43(49)39-25-11-7-12-26-39/h3-37H,2H2,1H3/b5-3-,40-27+. The molecule has 53 heavy (non-hydrogen) atoms. The Morgan fingerprint density at radius 1 is 0.453 bits per heavy atom. The van der Waals surface area contributed by atoms with Crippen LogP contribution in [0.25, 0.3) is 43.8 Å². The Kier molecular flexibility index (Phi) is 9.50. The maximum absolute atomic E-state index is 4.36. The second-order valence-electron chi connectivity index (χ2n) is 12.9. The minimum absolute atomic E-state index is 0.976. The van der Waals surface area contributed by atoms with Crippen molar-refractivity contribution in [3.05, 3.63) is 225 Å². The first-order valence-electron chi connectivity index (χ1n) is 18.1. The number of nitrogens with zero attached hydrogens (tertiary/aromatic N) is 2. The van der Waals surface area contributed by atoms with E-state index >= 15 is 0 Å². The van der Waals surface area contributed by atoms with Crippen molar-refractivity contribution in [1.82, 2.24) is 0 Å². The minimum Gasteiger partial charge on any atom is -0.309 e. The summed E-state index contributed by atoms with van der Waals surface area (Å²) in [6.45, 7) is 6.41. The van der Waals surface area contributed by atoms with Gasteiger partial charge in [0.25, 0.3) is 0 Å². The fourth-order valence-electron chi connectivity index (χ4n) is 7.41. The summed E-state index contributed by atoms with van der Waals surface area (Å²) in [7, 11) is 0. The molecule has 0 aliphatic rings. The average molecular weight is 681 g/mol. The molecule has 0 N–H and O–H groups in total. The fourth-order valence-corrected chi connectivity index (χ4v) is 7.41. The zero-order valence-electron chi connectivity index (χ0n) is 29.8. The molecule has 8 rings (SSSR count). The lowest BCUT2D eigenvalue weighted by Gasteiger charge is -2.34. The van der Waals surface area contributed by atoms with Crippen molar-refractivity contribution in [2.45, 2.75) is 6.92 Å². The Balaban J connectivity index is 1.50. The molecule has 0 aliphatic carbocycles. The normalized spacial score (nSPS) is 11.6. The third-order valence-electron chi connectivity index (χ3n) is 9.72. The lowest BCUT2D eigenvalue weighted by Crippen LogP contribution is -2.18. The van der Waals surface area contributed by atoms with Crippen LogP contribution in [0.2, 0.25) is 0 Å². The summed E-state index contributed by atoms with van der Waals surface area (Å²) in [5.41, 5.74) is 11.1. The van der Waals surface area contributed by atoms with E-state index in [1.54, 1.807) is 0 Å². The van der Waals surface area contributed by atoms with Crippen molar-refractivity contribution in [2.24, 2.45) is 0 Å². The monoisotopic (exact) mass is 680 g/mol. The predicted octanol–water partition coefficient (Wildman–Crippen LogP) is 14.6. The fraction of sp³-hybridized carbons (Fsp3) is 0.0196. The van der Waals surface area contributed by atoms with Gasteiger partial charge in [-0.1, -0.05) is 183 Å². The highest BCUT2D eigenvalue weighted by Crippen LogP contribution is 2.52. The summed E-state index contributed by atoms with van der Waals surface area (Å²) >= 11 is 0. The lowest BCUT2D eigenvalue weighted by molar-refractivity contribution is 1.23. The Morgan fingerprint density at radius 3 is 1.38 bits per heavy atom. The van der Waals surface area contributed by atoms with Gasteiger partial charge in [0.2, 0.25) is 0 Å². The molecule has 0 unspecified atom stereocenters. The van der Waals surface area contributed by atoms with Crippen LogP contribution in [0.5, 0.6) is 0 Å². The van der Waals surface area contributed by atoms with Gasteiger partial charge in [-0.3, -0.25) is 0 Å². The Labute approximate surface area is 312 Å². The number of hydrogen-bond acceptors (Lipinski definition) is 2. The van der Waals surface area contributed by atoms with Gasteiger partial charge in [0.05, 0.1) is 22.7 Å². The lowest BCUT2D eigenvalue weighted by atomic mass is 9.93. The van der Waals surface area contributed by atoms with E-state index in [4.69, 9.17) is 0 Å². The molecular weight excluding hydrogens is 641 g/mol. The molecule has 0 radical (unpaired) electrons. The molecule has 8 aromatic carbocycles. The molecule has 2 nitrogen and oxygen atoms in total. The second-order valence-corrected chi connectivity index (χ2v) is 12.9. The van der Waals surface area contributed by atoms with Crippen LogP contribution in [-0.4, -0.2) is 0 Å². The number of benzene rings is 8. The van der Waals surface area contributed by atoms with Gasteiger partial charge in [-0.25, -0.2) is 0 Å². The molecule has 0 saturated carbocycles. The van der Waals surface area contributed by atoms with Crippen molar-refractivity contribution in [3.63, 3.8) is 0 Å². The van der Waals surface area contributed by atoms with Crippen LogP contribution < -0.4 is 9.80 Å². The molecule has 8 aromatic rings. The van der Waals surface area contributed by atoms with Crippen molar-refractivity contribution in [1.29, 1.82) is 0 Å². The summed E-state index contributed by atoms with van der Waals surface area (Å²) in [6.07, 6.45) is 8.27. The van der Waals surface area contributed by atoms with Crippen LogP contribution in [0.4, 0.5) is 28.4 Å². The molecule has 0 fully saturated rings. The average Bonchev–Trinajstić information content (AvgIpc) is 3.24. The van der Waals surface area contributed by atoms with E-state index in [-0.39, 0.29) is 0 Å². The summed E-state index contributed by atoms with van der Waals surface area (Å²) in [5, 5.41) is 4.56. The second kappa shape index (κ2) is 15.1. The highest BCUT2D eigenvalue weighted by atomic mass is 15.2. The zero-order valence-corrected chi connectivity index (χ0v) is 29.8. The molecular formula is C51H40N2. The molecule has 2 heteroatoms. The number of anilines is 5. The highest BCUT2D eigenvalue weighted by Gasteiger charge is 2.27. The summed E-state index contributed by atoms with van der Waals surface area (Å²) in [6, 6.07) is 67.2. The largest absolute Gasteiger partial charge is 0.309 e. The van der Waals surface area contributed by atoms with Gasteiger partial charge >= 0.3 is 0 Å². The van der Waals surface area contributed by atoms with E-state index < -0.39 is 0 Å². The SMILES string of the molecule is C=C/C(=C\C=C/C)N(c1ccccc1-c1ccccc1)c1c2ccccc2c(N(c2ccccc2)c2ccccc2-c2ccccc2)c2ccccc12. The zero-order chi connectivity index (χ0) is 36.0. The van der Waals surface area contributed by atoms with Crippen LogP contribution in [0.15, 0.2) is 225 Å². The van der Waals surface area contributed by atoms with E-state index in [1.807, 2.05) is 13.0 Å². The van der Waals surface area contributed by atoms with Gasteiger partial charge in [-0.2, -0.15) is 0 Å². The predicted molar refractivity (Wildman–Crippen MR) is 229 cm³/mol. The molecule has 254 valence electrons. The molecule has 0 aliphatic heterocycles. The quantitative estimate of drug-likeness (QED) is 0.0806. The highest BCUT2D eigenvalue weighted by molar-refractivity contribution is 6.23. The van der Waals surface area contributed by atoms with E-state index in [9.17, 15) is 0 Å². The van der Waals surface area contributed by atoms with Crippen LogP contribution >= 0.6 is 0 Å². The maximum Gasteiger partial charge on any atom is 0.0620 e. The number of para-hydroxylation sites is 3. The Hall–Kier alpha value is -6.90. The van der Waals surface area contributed by atoms with Crippen molar-refractivity contribution in [2.75, 3.05) is 9.80 Å². The van der Waals surface area contributed by atoms with Crippen LogP contribution in [0, 0.1) is 0 Å². The van der Waals surface area contributed by atoms with Crippen molar-refractivity contribution >= 4 is 50.0 Å². The van der Waals surface area contributed by atoms with Crippen molar-refractivity contribution in [3.8, 4) is 22.3 Å². The number of allylic oxidation sites excluding steroid dienone is 4. The molecule has 0 amide bonds. The van der Waals surface area contributed by atoms with Gasteiger partial charge in [0.1, 0.15) is 0 Å². The summed E-state index contributed by atoms with van der Waals surface area (Å²) < 4.78 is 0. The molecule has 0 spiro atoms. The molecule has 0 aromatic heterocycles. The third-order valence-corrected chi connectivity index (χ3v) is 9.72. The van der Waals surface area contributed by atoms with Gasteiger partial charge in [-0.15, -0.1) is 0 Å². The summed E-state index contributed by atoms with van der Waals surface area (Å²) in [5.74, 6) is 0. The van der Waals surface area contributed by atoms with Gasteiger partial charge < -0.3 is 9.80 Å². The summed E-state index contributed by atoms with van der Waals surface area (Å²) in [4.78, 5) is 4.84. The Morgan fingerprint density at radius 2 is 0.868 bits per heavy atom. The first-order chi connectivity index (χ1) is 26.3. The van der Waals surface area contributed by atoms with E-state index in [0.717, 1.165) is 72.4 Å². The van der Waals surface area contributed by atoms with E-state index in [0.29, 0.717) is 0 Å². The minimum atomic E-state index is 0.976. The third kappa shape index (κ3) is 6.32. The molecule has 0 heterocycles. The first-order valence-corrected chi connectivity index (χ1v) is 18.1. The van der Waals surface area contributed by atoms with Crippen LogP contribution in [0.1, 0.15) is 6.92 Å². The molecule has 0 saturated heterocycles. The maximum atomic E-state index is 4.36. The number of fused-ring (bicyclic) bond motifs is 2. The molecule has 0 atom stereocenters. The molecule has 0 bridgehead atoms. The van der Waals surface area contributed by atoms with E-state index in [2.05, 4.69) is 223 Å². The smallest absolute Gasteiger partial charge is 0.0620 e. The van der Waals surface area contributed by atoms with Crippen molar-refractivity contribution < 1.29 is 0 Å². The first kappa shape index (κ1) is 33.3. The van der Waals surface area contributed by atoms with Gasteiger partial charge in [0.15, 0.2) is 0 Å². The number of rotatable bonds is 10. The van der Waals surface area contributed by atoms with Crippen LogP contribution in [0.3, 0.4) is 0 Å². The topological polar surface area (TPSA) is 6.48 Å². The Bertz CT molecular complexity index is 2530.